The lowest BCUT2D eigenvalue weighted by Gasteiger charge is -2.09. The van der Waals surface area contributed by atoms with Gasteiger partial charge in [0.25, 0.3) is 5.56 Å². The maximum absolute atomic E-state index is 12.3. The highest BCUT2D eigenvalue weighted by atomic mass is 32.2. The van der Waals surface area contributed by atoms with Crippen molar-refractivity contribution in [3.8, 4) is 6.07 Å². The lowest BCUT2D eigenvalue weighted by atomic mass is 10.1. The zero-order chi connectivity index (χ0) is 18.8. The van der Waals surface area contributed by atoms with Crippen LogP contribution in [0.2, 0.25) is 0 Å². The third kappa shape index (κ3) is 4.30. The normalized spacial score (nSPS) is 11.0. The smallest absolute Gasteiger partial charge is 0.285 e. The summed E-state index contributed by atoms with van der Waals surface area (Å²) < 4.78 is 25.6. The first-order chi connectivity index (χ1) is 11.6. The SMILES string of the molecule is Cc1nn(CC(=O)c2ccc(NS(C)(=O)=O)cc2)c(=O)c(C#N)c1C. The zero-order valence-electron chi connectivity index (χ0n) is 13.9. The van der Waals surface area contributed by atoms with Gasteiger partial charge in [0, 0.05) is 11.3 Å². The van der Waals surface area contributed by atoms with Crippen LogP contribution in [0.4, 0.5) is 5.69 Å². The van der Waals surface area contributed by atoms with E-state index in [0.717, 1.165) is 10.9 Å². The molecule has 25 heavy (non-hydrogen) atoms. The molecule has 0 unspecified atom stereocenters. The molecule has 0 radical (unpaired) electrons. The molecule has 130 valence electrons. The van der Waals surface area contributed by atoms with E-state index in [-0.39, 0.29) is 17.9 Å². The Hall–Kier alpha value is -2.99. The second-order valence-corrected chi connectivity index (χ2v) is 7.28. The van der Waals surface area contributed by atoms with Gasteiger partial charge in [0.2, 0.25) is 10.0 Å². The van der Waals surface area contributed by atoms with Crippen LogP contribution in [0.25, 0.3) is 0 Å². The molecular weight excluding hydrogens is 344 g/mol. The number of aromatic nitrogens is 2. The van der Waals surface area contributed by atoms with Crippen molar-refractivity contribution in [1.29, 1.82) is 5.26 Å². The van der Waals surface area contributed by atoms with Crippen LogP contribution >= 0.6 is 0 Å². The van der Waals surface area contributed by atoms with E-state index < -0.39 is 15.6 Å². The van der Waals surface area contributed by atoms with Gasteiger partial charge < -0.3 is 0 Å². The summed E-state index contributed by atoms with van der Waals surface area (Å²) >= 11 is 0. The fourth-order valence-corrected chi connectivity index (χ4v) is 2.74. The van der Waals surface area contributed by atoms with Gasteiger partial charge in [-0.15, -0.1) is 0 Å². The molecule has 0 spiro atoms. The van der Waals surface area contributed by atoms with Gasteiger partial charge in [-0.25, -0.2) is 13.1 Å². The molecule has 1 aromatic heterocycles. The summed E-state index contributed by atoms with van der Waals surface area (Å²) in [6.07, 6.45) is 1.02. The predicted molar refractivity (Wildman–Crippen MR) is 91.9 cm³/mol. The molecular formula is C16H16N4O4S. The standard InChI is InChI=1S/C16H16N4O4S/c1-10-11(2)18-20(16(22)14(10)8-17)9-15(21)12-4-6-13(7-5-12)19-25(3,23)24/h4-7,19H,9H2,1-3H3. The van der Waals surface area contributed by atoms with E-state index in [1.807, 2.05) is 6.07 Å². The maximum atomic E-state index is 12.3. The quantitative estimate of drug-likeness (QED) is 0.793. The van der Waals surface area contributed by atoms with E-state index >= 15 is 0 Å². The molecule has 2 aromatic rings. The van der Waals surface area contributed by atoms with Crippen LogP contribution in [0, 0.1) is 25.2 Å². The average molecular weight is 360 g/mol. The van der Waals surface area contributed by atoms with E-state index in [0.29, 0.717) is 22.5 Å². The van der Waals surface area contributed by atoms with E-state index in [2.05, 4.69) is 9.82 Å². The number of carbonyl (C=O) groups is 1. The number of hydrogen-bond acceptors (Lipinski definition) is 6. The third-order valence-electron chi connectivity index (χ3n) is 3.55. The van der Waals surface area contributed by atoms with E-state index in [9.17, 15) is 18.0 Å². The van der Waals surface area contributed by atoms with Crippen molar-refractivity contribution in [1.82, 2.24) is 9.78 Å². The largest absolute Gasteiger partial charge is 0.292 e. The minimum absolute atomic E-state index is 0.0343. The second kappa shape index (κ2) is 6.86. The van der Waals surface area contributed by atoms with Gasteiger partial charge in [-0.1, -0.05) is 0 Å². The molecule has 9 heteroatoms. The van der Waals surface area contributed by atoms with Gasteiger partial charge in [0.1, 0.15) is 18.2 Å². The molecule has 0 fully saturated rings. The summed E-state index contributed by atoms with van der Waals surface area (Å²) in [6, 6.07) is 7.64. The number of nitrogens with one attached hydrogen (secondary N) is 1. The Morgan fingerprint density at radius 2 is 1.88 bits per heavy atom. The van der Waals surface area contributed by atoms with Gasteiger partial charge in [-0.2, -0.15) is 10.4 Å². The molecule has 1 aromatic carbocycles. The van der Waals surface area contributed by atoms with Crippen molar-refractivity contribution in [2.45, 2.75) is 20.4 Å². The van der Waals surface area contributed by atoms with E-state index in [4.69, 9.17) is 5.26 Å². The summed E-state index contributed by atoms with van der Waals surface area (Å²) in [5.41, 5.74) is 0.961. The highest BCUT2D eigenvalue weighted by molar-refractivity contribution is 7.92. The molecule has 0 saturated heterocycles. The first-order valence-electron chi connectivity index (χ1n) is 7.22. The summed E-state index contributed by atoms with van der Waals surface area (Å²) in [5, 5.41) is 13.1. The lowest BCUT2D eigenvalue weighted by molar-refractivity contribution is 0.0965. The number of aryl methyl sites for hydroxylation is 1. The number of nitriles is 1. The van der Waals surface area contributed by atoms with Gasteiger partial charge in [0.05, 0.1) is 11.9 Å². The molecule has 0 aliphatic carbocycles. The fourth-order valence-electron chi connectivity index (χ4n) is 2.18. The zero-order valence-corrected chi connectivity index (χ0v) is 14.7. The number of hydrogen-bond donors (Lipinski definition) is 1. The van der Waals surface area contributed by atoms with Crippen LogP contribution in [0.1, 0.15) is 27.2 Å². The molecule has 0 aliphatic rings. The van der Waals surface area contributed by atoms with Crippen molar-refractivity contribution >= 4 is 21.5 Å². The van der Waals surface area contributed by atoms with Crippen LogP contribution in [0.5, 0.6) is 0 Å². The molecule has 0 amide bonds. The average Bonchev–Trinajstić information content (AvgIpc) is 2.52. The van der Waals surface area contributed by atoms with E-state index in [1.54, 1.807) is 13.8 Å². The Labute approximate surface area is 144 Å². The molecule has 1 heterocycles. The second-order valence-electron chi connectivity index (χ2n) is 5.53. The molecule has 1 N–H and O–H groups in total. The molecule has 0 bridgehead atoms. The minimum Gasteiger partial charge on any atom is -0.292 e. The molecule has 2 rings (SSSR count). The van der Waals surface area contributed by atoms with Gasteiger partial charge in [-0.3, -0.25) is 14.3 Å². The van der Waals surface area contributed by atoms with Crippen molar-refractivity contribution in [2.75, 3.05) is 11.0 Å². The topological polar surface area (TPSA) is 122 Å². The summed E-state index contributed by atoms with van der Waals surface area (Å²) in [6.45, 7) is 2.97. The number of Topliss-reactive ketones (excluding diaryl/α,β-unsaturated/α-hetero) is 1. The predicted octanol–water partition coefficient (Wildman–Crippen LogP) is 0.986. The van der Waals surface area contributed by atoms with Crippen LogP contribution in [-0.2, 0) is 16.6 Å². The summed E-state index contributed by atoms with van der Waals surface area (Å²) in [4.78, 5) is 24.5. The van der Waals surface area contributed by atoms with Gasteiger partial charge >= 0.3 is 0 Å². The Morgan fingerprint density at radius 3 is 2.40 bits per heavy atom. The Balaban J connectivity index is 2.28. The fraction of sp³-hybridized carbons (Fsp3) is 0.250. The van der Waals surface area contributed by atoms with Crippen LogP contribution in [-0.4, -0.2) is 30.2 Å². The molecule has 0 atom stereocenters. The summed E-state index contributed by atoms with van der Waals surface area (Å²) in [5.74, 6) is -0.382. The monoisotopic (exact) mass is 360 g/mol. The number of nitrogens with zero attached hydrogens (tertiary/aromatic N) is 3. The lowest BCUT2D eigenvalue weighted by Crippen LogP contribution is -2.30. The number of carbonyl (C=O) groups excluding carboxylic acids is 1. The highest BCUT2D eigenvalue weighted by Crippen LogP contribution is 2.12. The maximum Gasteiger partial charge on any atom is 0.285 e. The number of benzene rings is 1. The summed E-state index contributed by atoms with van der Waals surface area (Å²) in [7, 11) is -3.40. The number of anilines is 1. The number of rotatable bonds is 5. The van der Waals surface area contributed by atoms with E-state index in [1.165, 1.54) is 24.3 Å². The number of ketones is 1. The third-order valence-corrected chi connectivity index (χ3v) is 4.16. The van der Waals surface area contributed by atoms with Crippen molar-refractivity contribution in [3.63, 3.8) is 0 Å². The van der Waals surface area contributed by atoms with Crippen LogP contribution < -0.4 is 10.3 Å². The first-order valence-corrected chi connectivity index (χ1v) is 9.11. The Kier molecular flexibility index (Phi) is 5.04. The Morgan fingerprint density at radius 1 is 1.28 bits per heavy atom. The molecule has 8 nitrogen and oxygen atoms in total. The highest BCUT2D eigenvalue weighted by Gasteiger charge is 2.15. The van der Waals surface area contributed by atoms with Crippen molar-refractivity contribution in [2.24, 2.45) is 0 Å². The Bertz CT molecular complexity index is 1030. The first kappa shape index (κ1) is 18.4. The van der Waals surface area contributed by atoms with Crippen LogP contribution in [0.3, 0.4) is 0 Å². The molecule has 0 saturated carbocycles. The van der Waals surface area contributed by atoms with Crippen molar-refractivity contribution < 1.29 is 13.2 Å². The van der Waals surface area contributed by atoms with Gasteiger partial charge in [-0.05, 0) is 43.7 Å². The van der Waals surface area contributed by atoms with Crippen LogP contribution in [0.15, 0.2) is 29.1 Å². The van der Waals surface area contributed by atoms with Gasteiger partial charge in [0.15, 0.2) is 5.78 Å². The minimum atomic E-state index is -3.40. The van der Waals surface area contributed by atoms with Crippen molar-refractivity contribution in [3.05, 3.63) is 57.0 Å². The number of sulfonamides is 1. The molecule has 0 aliphatic heterocycles.